The van der Waals surface area contributed by atoms with E-state index < -0.39 is 0 Å². The number of aromatic nitrogens is 2. The van der Waals surface area contributed by atoms with Crippen molar-refractivity contribution >= 4 is 5.95 Å². The molecule has 1 unspecified atom stereocenters. The Hall–Kier alpha value is -1.20. The zero-order chi connectivity index (χ0) is 12.1. The average Bonchev–Trinajstić information content (AvgIpc) is 2.29. The molecular weight excluding hydrogens is 216 g/mol. The first kappa shape index (κ1) is 12.3. The summed E-state index contributed by atoms with van der Waals surface area (Å²) in [5, 5.41) is 6.68. The van der Waals surface area contributed by atoms with Crippen molar-refractivity contribution in [3.63, 3.8) is 0 Å². The smallest absolute Gasteiger partial charge is 0.223 e. The van der Waals surface area contributed by atoms with Crippen molar-refractivity contribution in [3.8, 4) is 0 Å². The zero-order valence-electron chi connectivity index (χ0n) is 10.5. The highest BCUT2D eigenvalue weighted by molar-refractivity contribution is 5.27. The fraction of sp³-hybridized carbons (Fsp3) is 0.667. The van der Waals surface area contributed by atoms with Crippen LogP contribution in [0.1, 0.15) is 17.8 Å². The number of morpholine rings is 1. The lowest BCUT2D eigenvalue weighted by Crippen LogP contribution is -2.42. The summed E-state index contributed by atoms with van der Waals surface area (Å²) < 4.78 is 5.40. The second kappa shape index (κ2) is 5.93. The van der Waals surface area contributed by atoms with Crippen LogP contribution in [-0.4, -0.2) is 42.3 Å². The Morgan fingerprint density at radius 2 is 2.18 bits per heavy atom. The Balaban J connectivity index is 1.77. The normalized spacial score (nSPS) is 20.2. The number of hydrogen-bond acceptors (Lipinski definition) is 5. The highest BCUT2D eigenvalue weighted by Crippen LogP contribution is 2.04. The third-order valence-corrected chi connectivity index (χ3v) is 2.76. The van der Waals surface area contributed by atoms with Gasteiger partial charge in [-0.1, -0.05) is 0 Å². The van der Waals surface area contributed by atoms with Crippen LogP contribution in [0.3, 0.4) is 0 Å². The lowest BCUT2D eigenvalue weighted by Gasteiger charge is -2.23. The lowest BCUT2D eigenvalue weighted by atomic mass is 10.2. The summed E-state index contributed by atoms with van der Waals surface area (Å²) in [5.74, 6) is 0.722. The Morgan fingerprint density at radius 3 is 2.82 bits per heavy atom. The Morgan fingerprint density at radius 1 is 1.41 bits per heavy atom. The Labute approximate surface area is 102 Å². The molecule has 0 bridgehead atoms. The van der Waals surface area contributed by atoms with Gasteiger partial charge in [0.2, 0.25) is 5.95 Å². The maximum atomic E-state index is 5.40. The molecule has 1 fully saturated rings. The standard InChI is InChI=1S/C12H20N4O/c1-9-7-10(2)16-12(15-9)14-4-3-11-8-17-6-5-13-11/h7,11,13H,3-6,8H2,1-2H3,(H,14,15,16). The molecule has 2 heterocycles. The maximum absolute atomic E-state index is 5.40. The van der Waals surface area contributed by atoms with E-state index in [9.17, 15) is 0 Å². The van der Waals surface area contributed by atoms with E-state index in [4.69, 9.17) is 4.74 Å². The fourth-order valence-electron chi connectivity index (χ4n) is 1.97. The minimum absolute atomic E-state index is 0.446. The molecule has 94 valence electrons. The van der Waals surface area contributed by atoms with Gasteiger partial charge in [0.1, 0.15) is 0 Å². The van der Waals surface area contributed by atoms with Gasteiger partial charge in [0.05, 0.1) is 13.2 Å². The van der Waals surface area contributed by atoms with Crippen molar-refractivity contribution in [2.24, 2.45) is 0 Å². The van der Waals surface area contributed by atoms with Crippen molar-refractivity contribution in [2.75, 3.05) is 31.6 Å². The predicted octanol–water partition coefficient (Wildman–Crippen LogP) is 0.884. The third-order valence-electron chi connectivity index (χ3n) is 2.76. The molecule has 0 aliphatic carbocycles. The molecular formula is C12H20N4O. The molecule has 0 aromatic carbocycles. The summed E-state index contributed by atoms with van der Waals surface area (Å²) in [7, 11) is 0. The van der Waals surface area contributed by atoms with Gasteiger partial charge in [-0.15, -0.1) is 0 Å². The van der Waals surface area contributed by atoms with Gasteiger partial charge in [-0.2, -0.15) is 0 Å². The predicted molar refractivity (Wildman–Crippen MR) is 67.2 cm³/mol. The monoisotopic (exact) mass is 236 g/mol. The summed E-state index contributed by atoms with van der Waals surface area (Å²) >= 11 is 0. The first-order chi connectivity index (χ1) is 8.24. The van der Waals surface area contributed by atoms with Gasteiger partial charge in [0.25, 0.3) is 0 Å². The van der Waals surface area contributed by atoms with Crippen molar-refractivity contribution < 1.29 is 4.74 Å². The molecule has 1 aliphatic heterocycles. The highest BCUT2D eigenvalue weighted by atomic mass is 16.5. The molecule has 0 saturated carbocycles. The topological polar surface area (TPSA) is 59.1 Å². The summed E-state index contributed by atoms with van der Waals surface area (Å²) in [6.45, 7) is 7.40. The van der Waals surface area contributed by atoms with E-state index in [0.29, 0.717) is 6.04 Å². The summed E-state index contributed by atoms with van der Waals surface area (Å²) in [5.41, 5.74) is 2.00. The van der Waals surface area contributed by atoms with Crippen molar-refractivity contribution in [1.29, 1.82) is 0 Å². The molecule has 1 aromatic heterocycles. The Kier molecular flexibility index (Phi) is 4.28. The minimum atomic E-state index is 0.446. The number of ether oxygens (including phenoxy) is 1. The molecule has 2 rings (SSSR count). The Bertz CT molecular complexity index is 343. The summed E-state index contributed by atoms with van der Waals surface area (Å²) in [6, 6.07) is 2.42. The number of anilines is 1. The van der Waals surface area contributed by atoms with Crippen LogP contribution >= 0.6 is 0 Å². The first-order valence-electron chi connectivity index (χ1n) is 6.11. The van der Waals surface area contributed by atoms with E-state index in [-0.39, 0.29) is 0 Å². The molecule has 1 aromatic rings. The van der Waals surface area contributed by atoms with E-state index in [0.717, 1.165) is 50.1 Å². The second-order valence-corrected chi connectivity index (χ2v) is 4.42. The van der Waals surface area contributed by atoms with Gasteiger partial charge < -0.3 is 15.4 Å². The maximum Gasteiger partial charge on any atom is 0.223 e. The van der Waals surface area contributed by atoms with Crippen molar-refractivity contribution in [1.82, 2.24) is 15.3 Å². The zero-order valence-corrected chi connectivity index (χ0v) is 10.5. The average molecular weight is 236 g/mol. The molecule has 5 nitrogen and oxygen atoms in total. The molecule has 1 aliphatic rings. The molecule has 5 heteroatoms. The molecule has 1 saturated heterocycles. The highest BCUT2D eigenvalue weighted by Gasteiger charge is 2.12. The van der Waals surface area contributed by atoms with E-state index in [1.165, 1.54) is 0 Å². The third kappa shape index (κ3) is 3.94. The van der Waals surface area contributed by atoms with E-state index in [2.05, 4.69) is 20.6 Å². The van der Waals surface area contributed by atoms with Crippen LogP contribution in [0.25, 0.3) is 0 Å². The molecule has 0 amide bonds. The largest absolute Gasteiger partial charge is 0.379 e. The van der Waals surface area contributed by atoms with Crippen LogP contribution in [0.5, 0.6) is 0 Å². The van der Waals surface area contributed by atoms with E-state index in [1.807, 2.05) is 19.9 Å². The molecule has 2 N–H and O–H groups in total. The number of hydrogen-bond donors (Lipinski definition) is 2. The molecule has 0 spiro atoms. The molecule has 17 heavy (non-hydrogen) atoms. The van der Waals surface area contributed by atoms with Crippen molar-refractivity contribution in [3.05, 3.63) is 17.5 Å². The molecule has 0 radical (unpaired) electrons. The number of aryl methyl sites for hydroxylation is 2. The van der Waals surface area contributed by atoms with Crippen LogP contribution in [0.15, 0.2) is 6.07 Å². The van der Waals surface area contributed by atoms with Gasteiger partial charge in [-0.25, -0.2) is 9.97 Å². The minimum Gasteiger partial charge on any atom is -0.379 e. The van der Waals surface area contributed by atoms with E-state index in [1.54, 1.807) is 0 Å². The SMILES string of the molecule is Cc1cc(C)nc(NCCC2COCCN2)n1. The number of nitrogens with zero attached hydrogens (tertiary/aromatic N) is 2. The quantitative estimate of drug-likeness (QED) is 0.813. The lowest BCUT2D eigenvalue weighted by molar-refractivity contribution is 0.0753. The number of rotatable bonds is 4. The van der Waals surface area contributed by atoms with E-state index >= 15 is 0 Å². The van der Waals surface area contributed by atoms with Gasteiger partial charge >= 0.3 is 0 Å². The fourth-order valence-corrected chi connectivity index (χ4v) is 1.97. The van der Waals surface area contributed by atoms with Crippen LogP contribution < -0.4 is 10.6 Å². The van der Waals surface area contributed by atoms with Crippen LogP contribution in [0, 0.1) is 13.8 Å². The van der Waals surface area contributed by atoms with Gasteiger partial charge in [-0.05, 0) is 26.3 Å². The van der Waals surface area contributed by atoms with Crippen LogP contribution in [0.2, 0.25) is 0 Å². The first-order valence-corrected chi connectivity index (χ1v) is 6.11. The van der Waals surface area contributed by atoms with Gasteiger partial charge in [0, 0.05) is 30.5 Å². The molecule has 1 atom stereocenters. The summed E-state index contributed by atoms with van der Waals surface area (Å²) in [6.07, 6.45) is 1.02. The van der Waals surface area contributed by atoms with Crippen LogP contribution in [-0.2, 0) is 4.74 Å². The second-order valence-electron chi connectivity index (χ2n) is 4.42. The van der Waals surface area contributed by atoms with Crippen LogP contribution in [0.4, 0.5) is 5.95 Å². The number of nitrogens with one attached hydrogen (secondary N) is 2. The summed E-state index contributed by atoms with van der Waals surface area (Å²) in [4.78, 5) is 8.69. The van der Waals surface area contributed by atoms with Crippen molar-refractivity contribution in [2.45, 2.75) is 26.3 Å². The van der Waals surface area contributed by atoms with Gasteiger partial charge in [0.15, 0.2) is 0 Å². The van der Waals surface area contributed by atoms with Gasteiger partial charge in [-0.3, -0.25) is 0 Å².